The smallest absolute Gasteiger partial charge is 0.339 e. The van der Waals surface area contributed by atoms with Crippen LogP contribution in [0.1, 0.15) is 80.9 Å². The Kier molecular flexibility index (Phi) is 5.39. The number of nitrogens with zero attached hydrogens (tertiary/aromatic N) is 3. The molecule has 0 radical (unpaired) electrons. The van der Waals surface area contributed by atoms with Gasteiger partial charge < -0.3 is 10.0 Å². The molecule has 2 heterocycles. The van der Waals surface area contributed by atoms with Crippen LogP contribution in [0.25, 0.3) is 0 Å². The summed E-state index contributed by atoms with van der Waals surface area (Å²) in [6, 6.07) is 0.179. The van der Waals surface area contributed by atoms with Gasteiger partial charge in [-0.2, -0.15) is 5.10 Å². The second-order valence-corrected chi connectivity index (χ2v) is 8.64. The highest BCUT2D eigenvalue weighted by Crippen LogP contribution is 2.42. The lowest BCUT2D eigenvalue weighted by atomic mass is 9.67. The summed E-state index contributed by atoms with van der Waals surface area (Å²) in [5.74, 6) is -0.156. The number of amides is 1. The highest BCUT2D eigenvalue weighted by Gasteiger charge is 2.35. The molecule has 1 N–H and O–H groups in total. The van der Waals surface area contributed by atoms with Crippen molar-refractivity contribution in [1.82, 2.24) is 14.7 Å². The van der Waals surface area contributed by atoms with Crippen molar-refractivity contribution in [2.75, 3.05) is 13.1 Å². The van der Waals surface area contributed by atoms with E-state index in [1.165, 1.54) is 31.9 Å². The minimum atomic E-state index is -0.934. The number of aromatic carboxylic acids is 1. The number of piperidine rings is 1. The number of likely N-dealkylation sites (tertiary alicyclic amines) is 1. The molecule has 1 aliphatic carbocycles. The van der Waals surface area contributed by atoms with Crippen LogP contribution in [0.15, 0.2) is 6.20 Å². The van der Waals surface area contributed by atoms with Crippen LogP contribution in [-0.2, 0) is 4.79 Å². The van der Waals surface area contributed by atoms with E-state index in [1.54, 1.807) is 6.92 Å². The molecule has 0 spiro atoms. The van der Waals surface area contributed by atoms with Gasteiger partial charge in [0.1, 0.15) is 5.56 Å². The Hall–Kier alpha value is -1.85. The molecule has 1 unspecified atom stereocenters. The maximum absolute atomic E-state index is 12.8. The predicted molar refractivity (Wildman–Crippen MR) is 99.1 cm³/mol. The van der Waals surface area contributed by atoms with Crippen molar-refractivity contribution in [2.24, 2.45) is 11.3 Å². The van der Waals surface area contributed by atoms with Crippen LogP contribution >= 0.6 is 0 Å². The van der Waals surface area contributed by atoms with Crippen LogP contribution in [0, 0.1) is 18.3 Å². The summed E-state index contributed by atoms with van der Waals surface area (Å²) in [5.41, 5.74) is 1.24. The molecule has 0 bridgehead atoms. The zero-order chi connectivity index (χ0) is 18.9. The van der Waals surface area contributed by atoms with Crippen LogP contribution in [0.3, 0.4) is 0 Å². The van der Waals surface area contributed by atoms with Gasteiger partial charge >= 0.3 is 5.97 Å². The molecule has 1 aliphatic heterocycles. The fourth-order valence-corrected chi connectivity index (χ4v) is 4.65. The Bertz CT molecular complexity index is 672. The topological polar surface area (TPSA) is 75.4 Å². The zero-order valence-electron chi connectivity index (χ0n) is 16.2. The van der Waals surface area contributed by atoms with E-state index in [4.69, 9.17) is 0 Å². The SMILES string of the molecule is Cc1c(C(=O)O)cnn1C1CCN(C(=O)CC2CCCCC2(C)C)CC1. The molecule has 2 fully saturated rings. The van der Waals surface area contributed by atoms with Gasteiger partial charge in [0.2, 0.25) is 5.91 Å². The largest absolute Gasteiger partial charge is 0.478 e. The molecule has 6 heteroatoms. The Morgan fingerprint density at radius 2 is 1.92 bits per heavy atom. The van der Waals surface area contributed by atoms with Crippen LogP contribution in [0.4, 0.5) is 0 Å². The summed E-state index contributed by atoms with van der Waals surface area (Å²) in [6.45, 7) is 7.88. The minimum absolute atomic E-state index is 0.179. The Morgan fingerprint density at radius 1 is 1.23 bits per heavy atom. The number of carbonyl (C=O) groups is 2. The lowest BCUT2D eigenvalue weighted by Gasteiger charge is -2.40. The number of aromatic nitrogens is 2. The molecule has 3 rings (SSSR count). The minimum Gasteiger partial charge on any atom is -0.478 e. The fourth-order valence-electron chi connectivity index (χ4n) is 4.65. The van der Waals surface area contributed by atoms with E-state index in [9.17, 15) is 14.7 Å². The standard InChI is InChI=1S/C20H31N3O3/c1-14-17(19(25)26)13-21-23(14)16-7-10-22(11-8-16)18(24)12-15-6-4-5-9-20(15,2)3/h13,15-16H,4-12H2,1-3H3,(H,25,26). The third kappa shape index (κ3) is 3.79. The van der Waals surface area contributed by atoms with Crippen LogP contribution in [-0.4, -0.2) is 44.8 Å². The van der Waals surface area contributed by atoms with Crippen molar-refractivity contribution in [2.45, 2.75) is 71.8 Å². The first-order valence-electron chi connectivity index (χ1n) is 9.85. The van der Waals surface area contributed by atoms with Crippen molar-refractivity contribution in [3.05, 3.63) is 17.5 Å². The van der Waals surface area contributed by atoms with Gasteiger partial charge in [-0.15, -0.1) is 0 Å². The van der Waals surface area contributed by atoms with Gasteiger partial charge in [0, 0.05) is 19.5 Å². The molecular weight excluding hydrogens is 330 g/mol. The molecule has 1 aromatic rings. The quantitative estimate of drug-likeness (QED) is 0.888. The lowest BCUT2D eigenvalue weighted by Crippen LogP contribution is -2.41. The number of carboxylic acids is 1. The Balaban J connectivity index is 1.56. The summed E-state index contributed by atoms with van der Waals surface area (Å²) < 4.78 is 1.83. The molecule has 26 heavy (non-hydrogen) atoms. The van der Waals surface area contributed by atoms with Crippen LogP contribution in [0.2, 0.25) is 0 Å². The van der Waals surface area contributed by atoms with E-state index in [0.29, 0.717) is 18.0 Å². The summed E-state index contributed by atoms with van der Waals surface area (Å²) in [6.07, 6.45) is 8.68. The van der Waals surface area contributed by atoms with Gasteiger partial charge in [0.15, 0.2) is 0 Å². The molecule has 1 saturated heterocycles. The Morgan fingerprint density at radius 3 is 2.50 bits per heavy atom. The third-order valence-corrected chi connectivity index (χ3v) is 6.59. The molecule has 144 valence electrons. The number of hydrogen-bond acceptors (Lipinski definition) is 3. The van der Waals surface area contributed by atoms with E-state index >= 15 is 0 Å². The van der Waals surface area contributed by atoms with Crippen molar-refractivity contribution in [3.8, 4) is 0 Å². The van der Waals surface area contributed by atoms with Gasteiger partial charge in [-0.1, -0.05) is 26.7 Å². The number of rotatable bonds is 4. The average molecular weight is 361 g/mol. The van der Waals surface area contributed by atoms with Gasteiger partial charge in [-0.25, -0.2) is 4.79 Å². The molecule has 1 atom stereocenters. The fraction of sp³-hybridized carbons (Fsp3) is 0.750. The van der Waals surface area contributed by atoms with E-state index in [-0.39, 0.29) is 22.9 Å². The highest BCUT2D eigenvalue weighted by atomic mass is 16.4. The maximum Gasteiger partial charge on any atom is 0.339 e. The van der Waals surface area contributed by atoms with Gasteiger partial charge in [-0.3, -0.25) is 9.48 Å². The summed E-state index contributed by atoms with van der Waals surface area (Å²) in [5, 5.41) is 13.5. The molecule has 0 aromatic carbocycles. The summed E-state index contributed by atoms with van der Waals surface area (Å²) >= 11 is 0. The van der Waals surface area contributed by atoms with Gasteiger partial charge in [0.05, 0.1) is 17.9 Å². The van der Waals surface area contributed by atoms with E-state index in [0.717, 1.165) is 25.9 Å². The van der Waals surface area contributed by atoms with Crippen molar-refractivity contribution in [1.29, 1.82) is 0 Å². The first-order valence-corrected chi connectivity index (χ1v) is 9.85. The molecule has 1 saturated carbocycles. The first-order chi connectivity index (χ1) is 12.3. The molecule has 1 amide bonds. The number of hydrogen-bond donors (Lipinski definition) is 1. The van der Waals surface area contributed by atoms with Crippen LogP contribution < -0.4 is 0 Å². The Labute approximate surface area is 155 Å². The summed E-state index contributed by atoms with van der Waals surface area (Å²) in [4.78, 5) is 26.0. The predicted octanol–water partition coefficient (Wildman–Crippen LogP) is 3.66. The van der Waals surface area contributed by atoms with Crippen LogP contribution in [0.5, 0.6) is 0 Å². The number of carbonyl (C=O) groups excluding carboxylic acids is 1. The van der Waals surface area contributed by atoms with Gasteiger partial charge in [-0.05, 0) is 43.9 Å². The van der Waals surface area contributed by atoms with Crippen molar-refractivity contribution in [3.63, 3.8) is 0 Å². The van der Waals surface area contributed by atoms with Crippen molar-refractivity contribution < 1.29 is 14.7 Å². The highest BCUT2D eigenvalue weighted by molar-refractivity contribution is 5.88. The van der Waals surface area contributed by atoms with E-state index < -0.39 is 5.97 Å². The molecule has 1 aromatic heterocycles. The molecule has 6 nitrogen and oxygen atoms in total. The molecular formula is C20H31N3O3. The lowest BCUT2D eigenvalue weighted by molar-refractivity contribution is -0.135. The maximum atomic E-state index is 12.8. The zero-order valence-corrected chi connectivity index (χ0v) is 16.2. The second kappa shape index (κ2) is 7.41. The van der Waals surface area contributed by atoms with E-state index in [1.807, 2.05) is 9.58 Å². The normalized spacial score (nSPS) is 23.8. The summed E-state index contributed by atoms with van der Waals surface area (Å²) in [7, 11) is 0. The monoisotopic (exact) mass is 361 g/mol. The third-order valence-electron chi connectivity index (χ3n) is 6.59. The number of carboxylic acid groups (broad SMARTS) is 1. The van der Waals surface area contributed by atoms with Gasteiger partial charge in [0.25, 0.3) is 0 Å². The molecule has 2 aliphatic rings. The second-order valence-electron chi connectivity index (χ2n) is 8.64. The average Bonchev–Trinajstić information content (AvgIpc) is 2.98. The van der Waals surface area contributed by atoms with Crippen molar-refractivity contribution >= 4 is 11.9 Å². The van der Waals surface area contributed by atoms with E-state index in [2.05, 4.69) is 18.9 Å². The first kappa shape index (κ1) is 18.9.